The highest BCUT2D eigenvalue weighted by Gasteiger charge is 2.52. The monoisotopic (exact) mass is 845 g/mol. The number of aromatic nitrogens is 2. The normalized spacial score (nSPS) is 18.4. The van der Waals surface area contributed by atoms with Crippen LogP contribution in [0, 0.1) is 18.3 Å². The largest absolute Gasteiger partial charge is 0.497 e. The summed E-state index contributed by atoms with van der Waals surface area (Å²) < 4.78 is 48.3. The van der Waals surface area contributed by atoms with Gasteiger partial charge in [-0.2, -0.15) is 5.26 Å². The molecule has 0 saturated carbocycles. The van der Waals surface area contributed by atoms with E-state index in [9.17, 15) is 19.6 Å². The van der Waals surface area contributed by atoms with Gasteiger partial charge in [0.05, 0.1) is 39.9 Å². The molecule has 1 aromatic heterocycles. The van der Waals surface area contributed by atoms with Crippen molar-refractivity contribution in [3.05, 3.63) is 128 Å². The molecule has 4 aromatic rings. The highest BCUT2D eigenvalue weighted by atomic mass is 31.2. The Balaban J connectivity index is 1.71. The third-order valence-corrected chi connectivity index (χ3v) is 12.2. The van der Waals surface area contributed by atoms with Crippen LogP contribution in [0.1, 0.15) is 62.6 Å². The Bertz CT molecular complexity index is 2100. The van der Waals surface area contributed by atoms with Crippen molar-refractivity contribution in [3.63, 3.8) is 0 Å². The second-order valence-electron chi connectivity index (χ2n) is 15.0. The molecule has 1 amide bonds. The fourth-order valence-electron chi connectivity index (χ4n) is 7.12. The van der Waals surface area contributed by atoms with E-state index in [-0.39, 0.29) is 49.8 Å². The summed E-state index contributed by atoms with van der Waals surface area (Å²) in [5.41, 5.74) is 0.0629. The number of rotatable bonds is 20. The molecule has 1 unspecified atom stereocenters. The highest BCUT2D eigenvalue weighted by Crippen LogP contribution is 2.51. The SMILES string of the molecule is COc1ccc(C(OC[C@H]2O[C@@H](n3cc(C)c(=O)[nH]c3=O)[C@H](OCC(=O)N(C)C)[C@@H]2OP(OCCC#N)N(C(C)C)C(C)C)(c2ccccc2)c2ccc(OC)cc2)cc1. The van der Waals surface area contributed by atoms with Crippen LogP contribution in [0.25, 0.3) is 0 Å². The van der Waals surface area contributed by atoms with Crippen molar-refractivity contribution in [2.75, 3.05) is 48.1 Å². The van der Waals surface area contributed by atoms with Crippen LogP contribution in [0.15, 0.2) is 94.6 Å². The van der Waals surface area contributed by atoms with E-state index < -0.39 is 49.9 Å². The molecule has 1 fully saturated rings. The Kier molecular flexibility index (Phi) is 16.2. The summed E-state index contributed by atoms with van der Waals surface area (Å²) in [6, 6.07) is 27.0. The first-order chi connectivity index (χ1) is 28.7. The molecule has 5 atom stereocenters. The van der Waals surface area contributed by atoms with Gasteiger partial charge in [-0.3, -0.25) is 19.1 Å². The molecule has 1 aliphatic heterocycles. The highest BCUT2D eigenvalue weighted by molar-refractivity contribution is 7.44. The predicted molar refractivity (Wildman–Crippen MR) is 227 cm³/mol. The lowest BCUT2D eigenvalue weighted by atomic mass is 9.80. The number of H-pyrrole nitrogens is 1. The van der Waals surface area contributed by atoms with Gasteiger partial charge >= 0.3 is 5.69 Å². The smallest absolute Gasteiger partial charge is 0.330 e. The number of hydrogen-bond acceptors (Lipinski definition) is 12. The number of methoxy groups -OCH3 is 2. The molecular weight excluding hydrogens is 789 g/mol. The van der Waals surface area contributed by atoms with Crippen molar-refractivity contribution >= 4 is 14.4 Å². The number of nitrogens with one attached hydrogen (secondary N) is 1. The van der Waals surface area contributed by atoms with E-state index >= 15 is 0 Å². The summed E-state index contributed by atoms with van der Waals surface area (Å²) in [5.74, 6) is 0.978. The molecule has 16 heteroatoms. The molecule has 0 aliphatic carbocycles. The Morgan fingerprint density at radius 2 is 1.47 bits per heavy atom. The van der Waals surface area contributed by atoms with Crippen molar-refractivity contribution < 1.29 is 37.5 Å². The van der Waals surface area contributed by atoms with Crippen LogP contribution in [0.2, 0.25) is 0 Å². The van der Waals surface area contributed by atoms with E-state index in [1.54, 1.807) is 35.2 Å². The maximum atomic E-state index is 13.6. The summed E-state index contributed by atoms with van der Waals surface area (Å²) in [5, 5.41) is 9.45. The van der Waals surface area contributed by atoms with Gasteiger partial charge in [0.25, 0.3) is 14.1 Å². The van der Waals surface area contributed by atoms with Gasteiger partial charge in [-0.25, -0.2) is 9.46 Å². The lowest BCUT2D eigenvalue weighted by Crippen LogP contribution is -2.44. The van der Waals surface area contributed by atoms with Crippen molar-refractivity contribution in [3.8, 4) is 17.6 Å². The molecule has 0 spiro atoms. The molecule has 1 aliphatic rings. The second kappa shape index (κ2) is 21.1. The molecule has 1 saturated heterocycles. The van der Waals surface area contributed by atoms with Gasteiger partial charge in [-0.05, 0) is 75.6 Å². The van der Waals surface area contributed by atoms with Crippen LogP contribution in [0.5, 0.6) is 11.5 Å². The van der Waals surface area contributed by atoms with E-state index in [4.69, 9.17) is 32.7 Å². The quantitative estimate of drug-likeness (QED) is 0.0637. The molecule has 2 heterocycles. The van der Waals surface area contributed by atoms with Crippen molar-refractivity contribution in [2.45, 2.75) is 83.3 Å². The molecule has 15 nitrogen and oxygen atoms in total. The van der Waals surface area contributed by atoms with Gasteiger partial charge in [-0.15, -0.1) is 0 Å². The van der Waals surface area contributed by atoms with Crippen LogP contribution in [-0.2, 0) is 33.7 Å². The van der Waals surface area contributed by atoms with Crippen LogP contribution in [0.3, 0.4) is 0 Å². The molecule has 0 radical (unpaired) electrons. The zero-order chi connectivity index (χ0) is 43.6. The number of aryl methyl sites for hydroxylation is 1. The second-order valence-corrected chi connectivity index (χ2v) is 16.4. The average molecular weight is 846 g/mol. The first-order valence-corrected chi connectivity index (χ1v) is 20.9. The Labute approximate surface area is 352 Å². The van der Waals surface area contributed by atoms with E-state index in [0.717, 1.165) is 16.7 Å². The number of hydrogen-bond donors (Lipinski definition) is 1. The van der Waals surface area contributed by atoms with Crippen LogP contribution < -0.4 is 20.7 Å². The third kappa shape index (κ3) is 10.5. The molecular formula is C44H56N5O10P. The summed E-state index contributed by atoms with van der Waals surface area (Å²) in [7, 11) is 4.52. The minimum atomic E-state index is -1.91. The van der Waals surface area contributed by atoms with Gasteiger partial charge < -0.3 is 37.6 Å². The minimum Gasteiger partial charge on any atom is -0.497 e. The predicted octanol–water partition coefficient (Wildman–Crippen LogP) is 5.90. The zero-order valence-electron chi connectivity index (χ0n) is 35.7. The number of amides is 1. The van der Waals surface area contributed by atoms with Crippen molar-refractivity contribution in [2.24, 2.45) is 0 Å². The van der Waals surface area contributed by atoms with E-state index in [2.05, 4.69) is 15.7 Å². The van der Waals surface area contributed by atoms with Gasteiger partial charge in [0, 0.05) is 37.9 Å². The number of nitriles is 1. The number of aromatic amines is 1. The minimum absolute atomic E-state index is 0.0546. The van der Waals surface area contributed by atoms with E-state index in [1.807, 2.05) is 107 Å². The van der Waals surface area contributed by atoms with Gasteiger partial charge in [0.2, 0.25) is 5.91 Å². The number of likely N-dealkylation sites (N-methyl/N-ethyl adjacent to an activating group) is 1. The lowest BCUT2D eigenvalue weighted by Gasteiger charge is -2.39. The fourth-order valence-corrected chi connectivity index (χ4v) is 8.89. The maximum Gasteiger partial charge on any atom is 0.330 e. The lowest BCUT2D eigenvalue weighted by molar-refractivity contribution is -0.140. The summed E-state index contributed by atoms with van der Waals surface area (Å²) >= 11 is 0. The maximum absolute atomic E-state index is 13.6. The van der Waals surface area contributed by atoms with E-state index in [1.165, 1.54) is 15.7 Å². The Morgan fingerprint density at radius 1 is 0.900 bits per heavy atom. The van der Waals surface area contributed by atoms with E-state index in [0.29, 0.717) is 11.5 Å². The number of nitrogens with zero attached hydrogens (tertiary/aromatic N) is 4. The Hall–Kier alpha value is -4.91. The van der Waals surface area contributed by atoms with Gasteiger partial charge in [-0.1, -0.05) is 54.6 Å². The fraction of sp³-hybridized carbons (Fsp3) is 0.455. The Morgan fingerprint density at radius 3 is 1.98 bits per heavy atom. The number of carbonyl (C=O) groups excluding carboxylic acids is 1. The number of benzene rings is 3. The first-order valence-electron chi connectivity index (χ1n) is 19.8. The summed E-state index contributed by atoms with van der Waals surface area (Å²) in [6.45, 7) is 9.22. The van der Waals surface area contributed by atoms with Crippen LogP contribution >= 0.6 is 8.53 Å². The molecule has 1 N–H and O–H groups in total. The zero-order valence-corrected chi connectivity index (χ0v) is 36.6. The first kappa shape index (κ1) is 46.2. The molecule has 0 bridgehead atoms. The number of ether oxygens (including phenoxy) is 5. The van der Waals surface area contributed by atoms with Crippen LogP contribution in [-0.4, -0.2) is 104 Å². The molecule has 3 aromatic carbocycles. The summed E-state index contributed by atoms with van der Waals surface area (Å²) in [4.78, 5) is 43.0. The summed E-state index contributed by atoms with van der Waals surface area (Å²) in [6.07, 6.45) is -2.78. The molecule has 60 heavy (non-hydrogen) atoms. The average Bonchev–Trinajstić information content (AvgIpc) is 3.57. The van der Waals surface area contributed by atoms with Crippen molar-refractivity contribution in [1.82, 2.24) is 19.1 Å². The standard InChI is InChI=1S/C44H56N5O10P/c1-29(2)49(30(3)4)60(57-25-13-24-45)59-39-37(58-42(40(39)55-28-38(50)47(6)7)48-26-31(5)41(51)46-43(48)52)27-56-44(32-14-11-10-12-15-32,33-16-20-35(53-8)21-17-33)34-18-22-36(54-9)23-19-34/h10-12,14-23,26,29-30,37,39-40,42H,13,25,27-28H2,1-9H3,(H,46,51,52)/t37-,39-,40-,42-,60?/m1/s1. The topological polar surface area (TPSA) is 167 Å². The molecule has 5 rings (SSSR count). The third-order valence-electron chi connectivity index (χ3n) is 10.1. The number of carbonyl (C=O) groups is 1. The van der Waals surface area contributed by atoms with Crippen molar-refractivity contribution in [1.29, 1.82) is 5.26 Å². The molecule has 322 valence electrons. The van der Waals surface area contributed by atoms with Crippen LogP contribution in [0.4, 0.5) is 0 Å². The van der Waals surface area contributed by atoms with Gasteiger partial charge in [0.15, 0.2) is 6.23 Å². The van der Waals surface area contributed by atoms with Gasteiger partial charge in [0.1, 0.15) is 42.0 Å².